The van der Waals surface area contributed by atoms with Crippen LogP contribution in [0.1, 0.15) is 27.2 Å². The SMILES string of the molecule is CC(C)(C)OC(=O)N1CCC(S(N)(O)O)C1. The van der Waals surface area contributed by atoms with Gasteiger partial charge >= 0.3 is 6.09 Å². The summed E-state index contributed by atoms with van der Waals surface area (Å²) in [6.45, 7) is 6.06. The lowest BCUT2D eigenvalue weighted by atomic mass is 10.2. The van der Waals surface area contributed by atoms with Gasteiger partial charge in [-0.15, -0.1) is 10.8 Å². The summed E-state index contributed by atoms with van der Waals surface area (Å²) in [5, 5.41) is 4.80. The van der Waals surface area contributed by atoms with Crippen molar-refractivity contribution < 1.29 is 18.6 Å². The number of nitrogens with two attached hydrogens (primary N) is 1. The first-order chi connectivity index (χ1) is 7.09. The van der Waals surface area contributed by atoms with E-state index in [2.05, 4.69) is 0 Å². The maximum atomic E-state index is 11.6. The zero-order chi connectivity index (χ0) is 12.6. The Hall–Kier alpha value is -0.500. The van der Waals surface area contributed by atoms with Gasteiger partial charge in [0, 0.05) is 13.1 Å². The highest BCUT2D eigenvalue weighted by Gasteiger charge is 2.35. The van der Waals surface area contributed by atoms with Crippen molar-refractivity contribution in [1.82, 2.24) is 4.90 Å². The van der Waals surface area contributed by atoms with Crippen molar-refractivity contribution in [3.8, 4) is 0 Å². The van der Waals surface area contributed by atoms with Gasteiger partial charge in [0.15, 0.2) is 0 Å². The molecule has 0 radical (unpaired) electrons. The van der Waals surface area contributed by atoms with Gasteiger partial charge in [-0.05, 0) is 27.2 Å². The van der Waals surface area contributed by atoms with Crippen molar-refractivity contribution in [1.29, 1.82) is 0 Å². The Morgan fingerprint density at radius 3 is 2.44 bits per heavy atom. The Morgan fingerprint density at radius 2 is 2.06 bits per heavy atom. The van der Waals surface area contributed by atoms with E-state index >= 15 is 0 Å². The first-order valence-corrected chi connectivity index (χ1v) is 6.79. The largest absolute Gasteiger partial charge is 0.444 e. The minimum absolute atomic E-state index is 0.244. The number of hydrogen-bond acceptors (Lipinski definition) is 5. The van der Waals surface area contributed by atoms with Crippen molar-refractivity contribution >= 4 is 16.9 Å². The normalized spacial score (nSPS) is 23.4. The lowest BCUT2D eigenvalue weighted by Gasteiger charge is -2.33. The van der Waals surface area contributed by atoms with Crippen molar-refractivity contribution in [2.75, 3.05) is 13.1 Å². The van der Waals surface area contributed by atoms with Crippen LogP contribution in [0, 0.1) is 0 Å². The van der Waals surface area contributed by atoms with E-state index < -0.39 is 27.7 Å². The fraction of sp³-hybridized carbons (Fsp3) is 0.889. The zero-order valence-corrected chi connectivity index (χ0v) is 10.7. The third kappa shape index (κ3) is 3.82. The Morgan fingerprint density at radius 1 is 1.50 bits per heavy atom. The summed E-state index contributed by atoms with van der Waals surface area (Å²) in [4.78, 5) is 13.1. The zero-order valence-electron chi connectivity index (χ0n) is 9.84. The van der Waals surface area contributed by atoms with Crippen LogP contribution in [0.5, 0.6) is 0 Å². The molecule has 0 aromatic heterocycles. The topological polar surface area (TPSA) is 96.0 Å². The Kier molecular flexibility index (Phi) is 3.73. The Balaban J connectivity index is 2.51. The molecular weight excluding hydrogens is 232 g/mol. The fourth-order valence-corrected chi connectivity index (χ4v) is 2.36. The van der Waals surface area contributed by atoms with Gasteiger partial charge in [-0.3, -0.25) is 9.11 Å². The summed E-state index contributed by atoms with van der Waals surface area (Å²) < 4.78 is 23.7. The molecule has 4 N–H and O–H groups in total. The Bertz CT molecular complexity index is 272. The molecule has 1 aliphatic heterocycles. The van der Waals surface area contributed by atoms with E-state index in [1.165, 1.54) is 4.90 Å². The smallest absolute Gasteiger partial charge is 0.410 e. The van der Waals surface area contributed by atoms with Crippen molar-refractivity contribution in [2.24, 2.45) is 5.14 Å². The molecule has 1 unspecified atom stereocenters. The lowest BCUT2D eigenvalue weighted by Crippen LogP contribution is -2.36. The molecule has 96 valence electrons. The predicted molar refractivity (Wildman–Crippen MR) is 63.2 cm³/mol. The number of likely N-dealkylation sites (tertiary alicyclic amines) is 1. The number of ether oxygens (including phenoxy) is 1. The second-order valence-electron chi connectivity index (χ2n) is 4.98. The van der Waals surface area contributed by atoms with Crippen LogP contribution in [0.4, 0.5) is 4.79 Å². The molecule has 1 atom stereocenters. The fourth-order valence-electron chi connectivity index (χ4n) is 1.50. The van der Waals surface area contributed by atoms with E-state index in [4.69, 9.17) is 9.88 Å². The first-order valence-electron chi connectivity index (χ1n) is 5.12. The van der Waals surface area contributed by atoms with Gasteiger partial charge < -0.3 is 9.64 Å². The standard InChI is InChI=1S/C9H20N2O4S/c1-9(2,3)15-8(12)11-5-4-7(6-11)16(10,13)14/h7,13-14H,4-6,10H2,1-3H3. The second kappa shape index (κ2) is 4.40. The van der Waals surface area contributed by atoms with Crippen LogP contribution in [-0.4, -0.2) is 44.0 Å². The van der Waals surface area contributed by atoms with E-state index in [-0.39, 0.29) is 6.54 Å². The molecule has 1 aliphatic rings. The number of carbonyl (C=O) groups excluding carboxylic acids is 1. The third-order valence-electron chi connectivity index (χ3n) is 2.29. The summed E-state index contributed by atoms with van der Waals surface area (Å²) in [6, 6.07) is 0. The molecule has 0 aromatic carbocycles. The van der Waals surface area contributed by atoms with Crippen LogP contribution in [0.25, 0.3) is 0 Å². The molecule has 16 heavy (non-hydrogen) atoms. The molecule has 0 saturated carbocycles. The molecule has 0 aliphatic carbocycles. The molecule has 7 heteroatoms. The Labute approximate surface area is 97.2 Å². The molecular formula is C9H20N2O4S. The van der Waals surface area contributed by atoms with Gasteiger partial charge in [0.2, 0.25) is 0 Å². The number of nitrogens with zero attached hydrogens (tertiary/aromatic N) is 1. The number of amides is 1. The molecule has 6 nitrogen and oxygen atoms in total. The number of rotatable bonds is 1. The van der Waals surface area contributed by atoms with Crippen LogP contribution < -0.4 is 5.14 Å². The van der Waals surface area contributed by atoms with E-state index in [1.807, 2.05) is 0 Å². The average Bonchev–Trinajstić information content (AvgIpc) is 2.46. The van der Waals surface area contributed by atoms with Gasteiger partial charge in [0.25, 0.3) is 0 Å². The molecule has 0 bridgehead atoms. The molecule has 1 rings (SSSR count). The molecule has 1 heterocycles. The number of hydrogen-bond donors (Lipinski definition) is 3. The predicted octanol–water partition coefficient (Wildman–Crippen LogP) is 1.62. The van der Waals surface area contributed by atoms with Crippen LogP contribution in [-0.2, 0) is 4.74 Å². The van der Waals surface area contributed by atoms with Crippen molar-refractivity contribution in [3.63, 3.8) is 0 Å². The third-order valence-corrected chi connectivity index (χ3v) is 3.65. The van der Waals surface area contributed by atoms with E-state index in [1.54, 1.807) is 20.8 Å². The van der Waals surface area contributed by atoms with Crippen LogP contribution in [0.15, 0.2) is 0 Å². The number of carbonyl (C=O) groups is 1. The highest BCUT2D eigenvalue weighted by Crippen LogP contribution is 2.40. The van der Waals surface area contributed by atoms with E-state index in [0.717, 1.165) is 0 Å². The van der Waals surface area contributed by atoms with Crippen molar-refractivity contribution in [2.45, 2.75) is 38.0 Å². The minimum atomic E-state index is -3.06. The maximum Gasteiger partial charge on any atom is 0.410 e. The molecule has 1 saturated heterocycles. The van der Waals surface area contributed by atoms with Gasteiger partial charge in [-0.1, -0.05) is 0 Å². The summed E-state index contributed by atoms with van der Waals surface area (Å²) >= 11 is 0. The highest BCUT2D eigenvalue weighted by molar-refractivity contribution is 8.22. The van der Waals surface area contributed by atoms with Crippen LogP contribution >= 0.6 is 10.8 Å². The van der Waals surface area contributed by atoms with Gasteiger partial charge in [-0.2, -0.15) is 0 Å². The van der Waals surface area contributed by atoms with Crippen LogP contribution in [0.3, 0.4) is 0 Å². The minimum Gasteiger partial charge on any atom is -0.444 e. The second-order valence-corrected chi connectivity index (χ2v) is 6.92. The summed E-state index contributed by atoms with van der Waals surface area (Å²) in [5.74, 6) is 0. The average molecular weight is 252 g/mol. The summed E-state index contributed by atoms with van der Waals surface area (Å²) in [7, 11) is -3.06. The molecule has 0 aromatic rings. The monoisotopic (exact) mass is 252 g/mol. The summed E-state index contributed by atoms with van der Waals surface area (Å²) in [5.41, 5.74) is -0.541. The maximum absolute atomic E-state index is 11.6. The summed E-state index contributed by atoms with van der Waals surface area (Å²) in [6.07, 6.45) is 0.0663. The molecule has 1 fully saturated rings. The first kappa shape index (κ1) is 13.6. The van der Waals surface area contributed by atoms with Gasteiger partial charge in [0.05, 0.1) is 5.25 Å². The lowest BCUT2D eigenvalue weighted by molar-refractivity contribution is 0.0295. The highest BCUT2D eigenvalue weighted by atomic mass is 32.3. The van der Waals surface area contributed by atoms with Crippen molar-refractivity contribution in [3.05, 3.63) is 0 Å². The quantitative estimate of drug-likeness (QED) is 0.659. The van der Waals surface area contributed by atoms with Crippen LogP contribution in [0.2, 0.25) is 0 Å². The van der Waals surface area contributed by atoms with Gasteiger partial charge in [-0.25, -0.2) is 9.93 Å². The van der Waals surface area contributed by atoms with E-state index in [9.17, 15) is 13.9 Å². The molecule has 1 amide bonds. The van der Waals surface area contributed by atoms with E-state index in [0.29, 0.717) is 13.0 Å². The van der Waals surface area contributed by atoms with Gasteiger partial charge in [0.1, 0.15) is 5.60 Å². The molecule has 0 spiro atoms.